The van der Waals surface area contributed by atoms with Crippen LogP contribution in [0.25, 0.3) is 10.8 Å². The van der Waals surface area contributed by atoms with Gasteiger partial charge < -0.3 is 10.0 Å². The van der Waals surface area contributed by atoms with Crippen LogP contribution in [0.2, 0.25) is 0 Å². The van der Waals surface area contributed by atoms with Gasteiger partial charge in [-0.3, -0.25) is 9.78 Å². The lowest BCUT2D eigenvalue weighted by Gasteiger charge is -2.34. The molecule has 1 saturated heterocycles. The van der Waals surface area contributed by atoms with E-state index < -0.39 is 6.10 Å². The average molecular weight is 346 g/mol. The first kappa shape index (κ1) is 16.7. The zero-order valence-electron chi connectivity index (χ0n) is 14.6. The van der Waals surface area contributed by atoms with E-state index in [1.165, 1.54) is 0 Å². The number of hydrogen-bond donors (Lipinski definition) is 1. The number of carbonyl (C=O) groups excluding carboxylic acids is 1. The quantitative estimate of drug-likeness (QED) is 0.784. The van der Waals surface area contributed by atoms with E-state index in [-0.39, 0.29) is 11.8 Å². The lowest BCUT2D eigenvalue weighted by Crippen LogP contribution is -2.40. The molecule has 2 aromatic carbocycles. The van der Waals surface area contributed by atoms with E-state index in [0.29, 0.717) is 18.8 Å². The second-order valence-electron chi connectivity index (χ2n) is 6.87. The van der Waals surface area contributed by atoms with Gasteiger partial charge in [0, 0.05) is 24.7 Å². The third kappa shape index (κ3) is 3.20. The van der Waals surface area contributed by atoms with Gasteiger partial charge in [-0.05, 0) is 35.8 Å². The molecule has 1 aliphatic rings. The normalized spacial score (nSPS) is 16.6. The van der Waals surface area contributed by atoms with Crippen molar-refractivity contribution in [3.63, 3.8) is 0 Å². The van der Waals surface area contributed by atoms with E-state index in [9.17, 15) is 9.90 Å². The molecule has 0 saturated carbocycles. The molecule has 1 amide bonds. The number of carbonyl (C=O) groups is 1. The Morgan fingerprint density at radius 2 is 1.69 bits per heavy atom. The summed E-state index contributed by atoms with van der Waals surface area (Å²) in [5, 5.41) is 12.5. The molecule has 4 rings (SSSR count). The summed E-state index contributed by atoms with van der Waals surface area (Å²) in [5.41, 5.74) is 1.47. The van der Waals surface area contributed by atoms with Gasteiger partial charge in [-0.25, -0.2) is 0 Å². The van der Waals surface area contributed by atoms with Gasteiger partial charge in [0.05, 0.1) is 6.10 Å². The minimum Gasteiger partial charge on any atom is -0.388 e. The van der Waals surface area contributed by atoms with Gasteiger partial charge in [0.25, 0.3) is 5.91 Å². The Bertz CT molecular complexity index is 897. The van der Waals surface area contributed by atoms with Crippen molar-refractivity contribution in [3.8, 4) is 0 Å². The molecule has 3 aromatic rings. The molecular weight excluding hydrogens is 324 g/mol. The van der Waals surface area contributed by atoms with Crippen molar-refractivity contribution in [3.05, 3.63) is 78.1 Å². The number of amides is 1. The molecule has 4 nitrogen and oxygen atoms in total. The van der Waals surface area contributed by atoms with Crippen molar-refractivity contribution in [2.45, 2.75) is 18.9 Å². The number of aliphatic hydroxyl groups excluding tert-OH is 1. The van der Waals surface area contributed by atoms with E-state index in [4.69, 9.17) is 0 Å². The fraction of sp³-hybridized carbons (Fsp3) is 0.273. The van der Waals surface area contributed by atoms with E-state index >= 15 is 0 Å². The Kier molecular flexibility index (Phi) is 4.67. The van der Waals surface area contributed by atoms with Crippen molar-refractivity contribution >= 4 is 16.7 Å². The van der Waals surface area contributed by atoms with Gasteiger partial charge in [-0.2, -0.15) is 0 Å². The van der Waals surface area contributed by atoms with Crippen molar-refractivity contribution in [2.75, 3.05) is 13.1 Å². The summed E-state index contributed by atoms with van der Waals surface area (Å²) in [4.78, 5) is 19.2. The predicted octanol–water partition coefficient (Wildman–Crippen LogP) is 3.82. The van der Waals surface area contributed by atoms with Crippen molar-refractivity contribution in [1.29, 1.82) is 0 Å². The van der Waals surface area contributed by atoms with Crippen LogP contribution < -0.4 is 0 Å². The average Bonchev–Trinajstić information content (AvgIpc) is 2.73. The van der Waals surface area contributed by atoms with Crippen LogP contribution in [-0.4, -0.2) is 34.0 Å². The zero-order chi connectivity index (χ0) is 17.9. The number of aromatic nitrogens is 1. The first-order chi connectivity index (χ1) is 12.7. The highest BCUT2D eigenvalue weighted by Gasteiger charge is 2.29. The van der Waals surface area contributed by atoms with Crippen LogP contribution >= 0.6 is 0 Å². The zero-order valence-corrected chi connectivity index (χ0v) is 14.6. The van der Waals surface area contributed by atoms with Crippen LogP contribution in [0.15, 0.2) is 66.9 Å². The molecule has 1 N–H and O–H groups in total. The van der Waals surface area contributed by atoms with Gasteiger partial charge in [-0.1, -0.05) is 54.6 Å². The number of hydrogen-bond acceptors (Lipinski definition) is 3. The first-order valence-corrected chi connectivity index (χ1v) is 9.10. The van der Waals surface area contributed by atoms with Gasteiger partial charge in [0.1, 0.15) is 5.69 Å². The van der Waals surface area contributed by atoms with Gasteiger partial charge >= 0.3 is 0 Å². The third-order valence-corrected chi connectivity index (χ3v) is 5.29. The molecule has 1 aliphatic heterocycles. The number of pyridine rings is 1. The Morgan fingerprint density at radius 3 is 2.46 bits per heavy atom. The Labute approximate surface area is 153 Å². The summed E-state index contributed by atoms with van der Waals surface area (Å²) in [5.74, 6) is 0.163. The molecule has 1 fully saturated rings. The van der Waals surface area contributed by atoms with E-state index in [1.54, 1.807) is 6.20 Å². The van der Waals surface area contributed by atoms with Gasteiger partial charge in [0.2, 0.25) is 0 Å². The van der Waals surface area contributed by atoms with Crippen LogP contribution in [0, 0.1) is 5.92 Å². The van der Waals surface area contributed by atoms with Crippen LogP contribution in [0.3, 0.4) is 0 Å². The minimum atomic E-state index is -0.468. The summed E-state index contributed by atoms with van der Waals surface area (Å²) in [7, 11) is 0. The number of fused-ring (bicyclic) bond motifs is 1. The summed E-state index contributed by atoms with van der Waals surface area (Å²) in [6.07, 6.45) is 2.82. The maximum absolute atomic E-state index is 13.0. The van der Waals surface area contributed by atoms with Crippen molar-refractivity contribution in [2.24, 2.45) is 5.92 Å². The maximum Gasteiger partial charge on any atom is 0.273 e. The molecule has 4 heteroatoms. The number of likely N-dealkylation sites (tertiary alicyclic amines) is 1. The summed E-state index contributed by atoms with van der Waals surface area (Å²) < 4.78 is 0. The number of piperidine rings is 1. The highest BCUT2D eigenvalue weighted by Crippen LogP contribution is 2.31. The van der Waals surface area contributed by atoms with Crippen molar-refractivity contribution < 1.29 is 9.90 Å². The number of nitrogens with zero attached hydrogens (tertiary/aromatic N) is 2. The molecule has 1 aromatic heterocycles. The minimum absolute atomic E-state index is 0.0190. The van der Waals surface area contributed by atoms with Gasteiger partial charge in [-0.15, -0.1) is 0 Å². The van der Waals surface area contributed by atoms with E-state index in [1.807, 2.05) is 65.6 Å². The Balaban J connectivity index is 1.47. The second-order valence-corrected chi connectivity index (χ2v) is 6.87. The van der Waals surface area contributed by atoms with Gasteiger partial charge in [0.15, 0.2) is 0 Å². The van der Waals surface area contributed by atoms with Crippen LogP contribution in [0.1, 0.15) is 35.0 Å². The molecule has 0 unspecified atom stereocenters. The molecule has 0 bridgehead atoms. The van der Waals surface area contributed by atoms with Crippen molar-refractivity contribution in [1.82, 2.24) is 9.88 Å². The summed E-state index contributed by atoms with van der Waals surface area (Å²) >= 11 is 0. The number of rotatable bonds is 3. The molecule has 1 atom stereocenters. The molecule has 0 aliphatic carbocycles. The van der Waals surface area contributed by atoms with E-state index in [0.717, 1.165) is 29.2 Å². The SMILES string of the molecule is O=C(c1nccc2ccccc12)N1CCC([C@H](O)c2ccccc2)CC1. The highest BCUT2D eigenvalue weighted by atomic mass is 16.3. The molecule has 0 radical (unpaired) electrons. The summed E-state index contributed by atoms with van der Waals surface area (Å²) in [6.45, 7) is 1.30. The lowest BCUT2D eigenvalue weighted by molar-refractivity contribution is 0.0460. The maximum atomic E-state index is 13.0. The smallest absolute Gasteiger partial charge is 0.273 e. The lowest BCUT2D eigenvalue weighted by atomic mass is 9.87. The fourth-order valence-corrected chi connectivity index (χ4v) is 3.78. The molecule has 0 spiro atoms. The Morgan fingerprint density at radius 1 is 1.00 bits per heavy atom. The van der Waals surface area contributed by atoms with Crippen LogP contribution in [0.4, 0.5) is 0 Å². The molecule has 132 valence electrons. The summed E-state index contributed by atoms with van der Waals surface area (Å²) in [6, 6.07) is 19.5. The number of benzene rings is 2. The predicted molar refractivity (Wildman–Crippen MR) is 102 cm³/mol. The highest BCUT2D eigenvalue weighted by molar-refractivity contribution is 6.05. The van der Waals surface area contributed by atoms with Crippen LogP contribution in [0.5, 0.6) is 0 Å². The third-order valence-electron chi connectivity index (χ3n) is 5.29. The molecular formula is C22H22N2O2. The van der Waals surface area contributed by atoms with Crippen LogP contribution in [-0.2, 0) is 0 Å². The van der Waals surface area contributed by atoms with E-state index in [2.05, 4.69) is 4.98 Å². The topological polar surface area (TPSA) is 53.4 Å². The fourth-order valence-electron chi connectivity index (χ4n) is 3.78. The number of aliphatic hydroxyl groups is 1. The standard InChI is InChI=1S/C22H22N2O2/c25-21(17-7-2-1-3-8-17)18-11-14-24(15-12-18)22(26)20-19-9-5-4-6-16(19)10-13-23-20/h1-10,13,18,21,25H,11-12,14-15H2/t21-/m1/s1. The molecule has 26 heavy (non-hydrogen) atoms. The monoisotopic (exact) mass is 346 g/mol. The first-order valence-electron chi connectivity index (χ1n) is 9.10. The second kappa shape index (κ2) is 7.26. The Hall–Kier alpha value is -2.72. The molecule has 2 heterocycles. The largest absolute Gasteiger partial charge is 0.388 e.